The van der Waals surface area contributed by atoms with Crippen molar-refractivity contribution in [2.75, 3.05) is 25.4 Å². The first-order valence-corrected chi connectivity index (χ1v) is 11.8. The monoisotopic (exact) mass is 410 g/mol. The fraction of sp³-hybridized carbons (Fsp3) is 0.667. The largest absolute Gasteiger partial charge is 0.494 e. The van der Waals surface area contributed by atoms with Crippen LogP contribution in [0.2, 0.25) is 0 Å². The number of likely N-dealkylation sites (tertiary alicyclic amines) is 1. The van der Waals surface area contributed by atoms with Crippen LogP contribution in [0.15, 0.2) is 24.3 Å². The summed E-state index contributed by atoms with van der Waals surface area (Å²) in [5.74, 6) is 1.03. The molecule has 0 aliphatic carbocycles. The van der Waals surface area contributed by atoms with Crippen LogP contribution in [0.3, 0.4) is 0 Å². The van der Waals surface area contributed by atoms with Crippen LogP contribution in [-0.2, 0) is 20.2 Å². The van der Waals surface area contributed by atoms with Crippen LogP contribution in [-0.4, -0.2) is 50.7 Å². The zero-order valence-electron chi connectivity index (χ0n) is 17.5. The maximum Gasteiger partial charge on any atom is 0.222 e. The summed E-state index contributed by atoms with van der Waals surface area (Å²) in [5, 5.41) is 0. The first-order valence-electron chi connectivity index (χ1n) is 10.1. The van der Waals surface area contributed by atoms with Gasteiger partial charge in [-0.1, -0.05) is 32.9 Å². The summed E-state index contributed by atoms with van der Waals surface area (Å²) < 4.78 is 31.7. The quantitative estimate of drug-likeness (QED) is 0.668. The molecule has 28 heavy (non-hydrogen) atoms. The van der Waals surface area contributed by atoms with Crippen molar-refractivity contribution in [1.29, 1.82) is 0 Å². The highest BCUT2D eigenvalue weighted by atomic mass is 32.2. The number of carbonyl (C=O) groups excluding carboxylic acids is 1. The van der Waals surface area contributed by atoms with E-state index < -0.39 is 10.0 Å². The third kappa shape index (κ3) is 7.09. The Hall–Kier alpha value is -1.60. The van der Waals surface area contributed by atoms with Crippen molar-refractivity contribution in [1.82, 2.24) is 9.62 Å². The lowest BCUT2D eigenvalue weighted by Gasteiger charge is -2.32. The van der Waals surface area contributed by atoms with Crippen LogP contribution in [0.25, 0.3) is 0 Å². The Balaban J connectivity index is 1.67. The SMILES string of the molecule is CCS(=O)(=O)NC1CCN(C(=O)CCCOc2ccc(C(C)(C)C)cc2)CC1. The molecule has 1 amide bonds. The average molecular weight is 411 g/mol. The topological polar surface area (TPSA) is 75.7 Å². The van der Waals surface area contributed by atoms with Gasteiger partial charge in [0.15, 0.2) is 0 Å². The summed E-state index contributed by atoms with van der Waals surface area (Å²) in [5.41, 5.74) is 1.38. The molecule has 1 aliphatic heterocycles. The van der Waals surface area contributed by atoms with E-state index in [1.807, 2.05) is 17.0 Å². The standard InChI is InChI=1S/C21H34N2O4S/c1-5-28(25,26)22-18-12-14-23(15-13-18)20(24)7-6-16-27-19-10-8-17(9-11-19)21(2,3)4/h8-11,18,22H,5-7,12-16H2,1-4H3. The molecule has 0 unspecified atom stereocenters. The van der Waals surface area contributed by atoms with E-state index in [4.69, 9.17) is 4.74 Å². The highest BCUT2D eigenvalue weighted by Crippen LogP contribution is 2.24. The molecule has 6 nitrogen and oxygen atoms in total. The van der Waals surface area contributed by atoms with Crippen LogP contribution in [0, 0.1) is 0 Å². The second-order valence-electron chi connectivity index (χ2n) is 8.40. The number of amides is 1. The summed E-state index contributed by atoms with van der Waals surface area (Å²) >= 11 is 0. The van der Waals surface area contributed by atoms with E-state index in [-0.39, 0.29) is 23.1 Å². The zero-order valence-corrected chi connectivity index (χ0v) is 18.3. The zero-order chi connectivity index (χ0) is 20.8. The Morgan fingerprint density at radius 1 is 1.18 bits per heavy atom. The second-order valence-corrected chi connectivity index (χ2v) is 10.4. The summed E-state index contributed by atoms with van der Waals surface area (Å²) in [6, 6.07) is 8.05. The van der Waals surface area contributed by atoms with Gasteiger partial charge >= 0.3 is 0 Å². The highest BCUT2D eigenvalue weighted by Gasteiger charge is 2.25. The minimum Gasteiger partial charge on any atom is -0.494 e. The molecule has 1 aromatic rings. The Morgan fingerprint density at radius 3 is 2.32 bits per heavy atom. The molecular weight excluding hydrogens is 376 g/mol. The van der Waals surface area contributed by atoms with E-state index >= 15 is 0 Å². The van der Waals surface area contributed by atoms with E-state index in [1.54, 1.807) is 6.92 Å². The van der Waals surface area contributed by atoms with Crippen molar-refractivity contribution in [2.24, 2.45) is 0 Å². The molecule has 1 heterocycles. The Labute approximate surface area is 169 Å². The molecule has 2 rings (SSSR count). The molecule has 0 aromatic heterocycles. The molecule has 0 atom stereocenters. The van der Waals surface area contributed by atoms with Gasteiger partial charge in [-0.3, -0.25) is 4.79 Å². The van der Waals surface area contributed by atoms with Gasteiger partial charge in [-0.25, -0.2) is 13.1 Å². The third-order valence-electron chi connectivity index (χ3n) is 5.10. The lowest BCUT2D eigenvalue weighted by Crippen LogP contribution is -2.46. The predicted molar refractivity (Wildman–Crippen MR) is 112 cm³/mol. The first-order chi connectivity index (χ1) is 13.1. The van der Waals surface area contributed by atoms with Crippen LogP contribution < -0.4 is 9.46 Å². The van der Waals surface area contributed by atoms with Gasteiger partial charge in [0.05, 0.1) is 12.4 Å². The lowest BCUT2D eigenvalue weighted by molar-refractivity contribution is -0.132. The summed E-state index contributed by atoms with van der Waals surface area (Å²) in [6.07, 6.45) is 2.46. The number of ether oxygens (including phenoxy) is 1. The van der Waals surface area contributed by atoms with Crippen molar-refractivity contribution >= 4 is 15.9 Å². The molecule has 7 heteroatoms. The van der Waals surface area contributed by atoms with Gasteiger partial charge in [-0.15, -0.1) is 0 Å². The number of sulfonamides is 1. The van der Waals surface area contributed by atoms with Gasteiger partial charge in [0.2, 0.25) is 15.9 Å². The Bertz CT molecular complexity index is 731. The van der Waals surface area contributed by atoms with Crippen molar-refractivity contribution in [3.8, 4) is 5.75 Å². The molecule has 0 bridgehead atoms. The number of piperidine rings is 1. The van der Waals surface area contributed by atoms with E-state index in [0.29, 0.717) is 45.4 Å². The van der Waals surface area contributed by atoms with Gasteiger partial charge in [0.1, 0.15) is 5.75 Å². The number of hydrogen-bond acceptors (Lipinski definition) is 4. The highest BCUT2D eigenvalue weighted by molar-refractivity contribution is 7.89. The number of hydrogen-bond donors (Lipinski definition) is 1. The first kappa shape index (κ1) is 22.7. The van der Waals surface area contributed by atoms with Crippen LogP contribution in [0.5, 0.6) is 5.75 Å². The molecule has 1 aromatic carbocycles. The fourth-order valence-electron chi connectivity index (χ4n) is 3.21. The summed E-state index contributed by atoms with van der Waals surface area (Å²) in [4.78, 5) is 14.2. The van der Waals surface area contributed by atoms with Gasteiger partial charge in [-0.2, -0.15) is 0 Å². The van der Waals surface area contributed by atoms with E-state index in [2.05, 4.69) is 37.6 Å². The predicted octanol–water partition coefficient (Wildman–Crippen LogP) is 3.07. The second kappa shape index (κ2) is 9.74. The van der Waals surface area contributed by atoms with Crippen LogP contribution >= 0.6 is 0 Å². The number of carbonyl (C=O) groups is 1. The number of benzene rings is 1. The molecule has 1 N–H and O–H groups in total. The van der Waals surface area contributed by atoms with Crippen molar-refractivity contribution in [3.05, 3.63) is 29.8 Å². The molecule has 1 aliphatic rings. The number of nitrogens with zero attached hydrogens (tertiary/aromatic N) is 1. The Morgan fingerprint density at radius 2 is 1.79 bits per heavy atom. The molecule has 0 saturated carbocycles. The smallest absolute Gasteiger partial charge is 0.222 e. The normalized spacial score (nSPS) is 16.2. The molecule has 158 valence electrons. The molecule has 1 saturated heterocycles. The van der Waals surface area contributed by atoms with Crippen molar-refractivity contribution in [3.63, 3.8) is 0 Å². The van der Waals surface area contributed by atoms with Crippen LogP contribution in [0.1, 0.15) is 58.9 Å². The van der Waals surface area contributed by atoms with E-state index in [1.165, 1.54) is 5.56 Å². The Kier molecular flexibility index (Phi) is 7.89. The van der Waals surface area contributed by atoms with E-state index in [9.17, 15) is 13.2 Å². The number of rotatable bonds is 8. The van der Waals surface area contributed by atoms with Crippen LogP contribution in [0.4, 0.5) is 0 Å². The lowest BCUT2D eigenvalue weighted by atomic mass is 9.87. The van der Waals surface area contributed by atoms with Gasteiger partial charge in [0.25, 0.3) is 0 Å². The van der Waals surface area contributed by atoms with Crippen molar-refractivity contribution in [2.45, 2.75) is 64.8 Å². The molecular formula is C21H34N2O4S. The summed E-state index contributed by atoms with van der Waals surface area (Å²) in [7, 11) is -3.18. The van der Waals surface area contributed by atoms with Gasteiger partial charge < -0.3 is 9.64 Å². The minimum absolute atomic E-state index is 0.0617. The van der Waals surface area contributed by atoms with Gasteiger partial charge in [0, 0.05) is 25.6 Å². The number of nitrogens with one attached hydrogen (secondary N) is 1. The van der Waals surface area contributed by atoms with Crippen molar-refractivity contribution < 1.29 is 17.9 Å². The third-order valence-corrected chi connectivity index (χ3v) is 6.55. The minimum atomic E-state index is -3.18. The van der Waals surface area contributed by atoms with Gasteiger partial charge in [-0.05, 0) is 49.3 Å². The molecule has 0 radical (unpaired) electrons. The maximum atomic E-state index is 12.3. The molecule has 1 fully saturated rings. The average Bonchev–Trinajstić information content (AvgIpc) is 2.65. The maximum absolute atomic E-state index is 12.3. The van der Waals surface area contributed by atoms with E-state index in [0.717, 1.165) is 5.75 Å². The molecule has 0 spiro atoms. The fourth-order valence-corrected chi connectivity index (χ4v) is 4.12. The summed E-state index contributed by atoms with van der Waals surface area (Å²) in [6.45, 7) is 9.87.